The summed E-state index contributed by atoms with van der Waals surface area (Å²) in [4.78, 5) is 23.3. The van der Waals surface area contributed by atoms with E-state index in [0.717, 1.165) is 0 Å². The lowest BCUT2D eigenvalue weighted by atomic mass is 9.95. The molecule has 2 rings (SSSR count). The number of aliphatic carboxylic acids is 1. The van der Waals surface area contributed by atoms with Crippen molar-refractivity contribution < 1.29 is 19.1 Å². The van der Waals surface area contributed by atoms with Crippen molar-refractivity contribution in [3.8, 4) is 0 Å². The molecule has 1 amide bonds. The van der Waals surface area contributed by atoms with E-state index < -0.39 is 17.8 Å². The number of carboxylic acid groups (broad SMARTS) is 1. The van der Waals surface area contributed by atoms with Gasteiger partial charge in [0.15, 0.2) is 0 Å². The van der Waals surface area contributed by atoms with Crippen LogP contribution in [0, 0.1) is 23.6 Å². The van der Waals surface area contributed by atoms with Crippen LogP contribution in [0.4, 0.5) is 4.39 Å². The van der Waals surface area contributed by atoms with E-state index in [9.17, 15) is 14.0 Å². The minimum Gasteiger partial charge on any atom is -0.481 e. The molecule has 1 fully saturated rings. The minimum absolute atomic E-state index is 0.233. The van der Waals surface area contributed by atoms with E-state index >= 15 is 0 Å². The van der Waals surface area contributed by atoms with Crippen LogP contribution in [0.2, 0.25) is 0 Å². The van der Waals surface area contributed by atoms with Crippen molar-refractivity contribution in [2.75, 3.05) is 6.54 Å². The lowest BCUT2D eigenvalue weighted by Gasteiger charge is -2.15. The highest BCUT2D eigenvalue weighted by molar-refractivity contribution is 5.85. The molecule has 2 N–H and O–H groups in total. The molecule has 0 aromatic heterocycles. The largest absolute Gasteiger partial charge is 0.481 e. The summed E-state index contributed by atoms with van der Waals surface area (Å²) in [6.07, 6.45) is 1.54. The summed E-state index contributed by atoms with van der Waals surface area (Å²) < 4.78 is 13.4. The van der Waals surface area contributed by atoms with Gasteiger partial charge < -0.3 is 10.4 Å². The Morgan fingerprint density at radius 1 is 1.29 bits per heavy atom. The number of amides is 1. The van der Waals surface area contributed by atoms with Crippen LogP contribution < -0.4 is 5.32 Å². The minimum atomic E-state index is -0.909. The third-order valence-electron chi connectivity index (χ3n) is 4.10. The zero-order valence-electron chi connectivity index (χ0n) is 12.0. The first-order chi connectivity index (χ1) is 9.99. The number of carbonyl (C=O) groups excluding carboxylic acids is 1. The number of halogens is 1. The molecule has 21 heavy (non-hydrogen) atoms. The van der Waals surface area contributed by atoms with Gasteiger partial charge in [0.25, 0.3) is 0 Å². The first-order valence-corrected chi connectivity index (χ1v) is 7.23. The molecule has 0 saturated heterocycles. The molecule has 0 heterocycles. The van der Waals surface area contributed by atoms with Crippen molar-refractivity contribution >= 4 is 11.9 Å². The Hall–Kier alpha value is -1.91. The number of carboxylic acids is 1. The Labute approximate surface area is 123 Å². The number of rotatable bonds is 5. The molecule has 1 aliphatic rings. The average Bonchev–Trinajstić information content (AvgIpc) is 2.83. The van der Waals surface area contributed by atoms with Crippen molar-refractivity contribution in [3.63, 3.8) is 0 Å². The van der Waals surface area contributed by atoms with Crippen LogP contribution >= 0.6 is 0 Å². The van der Waals surface area contributed by atoms with Crippen molar-refractivity contribution in [3.05, 3.63) is 35.6 Å². The molecule has 0 spiro atoms. The Kier molecular flexibility index (Phi) is 4.94. The first kappa shape index (κ1) is 15.5. The fourth-order valence-electron chi connectivity index (χ4n) is 3.01. The predicted molar refractivity (Wildman–Crippen MR) is 76.1 cm³/mol. The van der Waals surface area contributed by atoms with Gasteiger partial charge in [-0.1, -0.05) is 25.1 Å². The molecule has 3 atom stereocenters. The maximum Gasteiger partial charge on any atom is 0.307 e. The van der Waals surface area contributed by atoms with Gasteiger partial charge in [0, 0.05) is 6.54 Å². The van der Waals surface area contributed by atoms with Crippen LogP contribution in [0.15, 0.2) is 24.3 Å². The summed E-state index contributed by atoms with van der Waals surface area (Å²) in [7, 11) is 0. The molecule has 1 aromatic carbocycles. The summed E-state index contributed by atoms with van der Waals surface area (Å²) in [6.45, 7) is 2.28. The van der Waals surface area contributed by atoms with E-state index in [1.165, 1.54) is 6.07 Å². The Balaban J connectivity index is 1.87. The van der Waals surface area contributed by atoms with Crippen molar-refractivity contribution in [1.82, 2.24) is 5.32 Å². The molecular weight excluding hydrogens is 273 g/mol. The number of nitrogens with one attached hydrogen (secondary N) is 1. The molecule has 1 aromatic rings. The molecular formula is C16H20FNO3. The van der Waals surface area contributed by atoms with Crippen LogP contribution in [-0.4, -0.2) is 23.5 Å². The van der Waals surface area contributed by atoms with Gasteiger partial charge in [-0.25, -0.2) is 4.39 Å². The summed E-state index contributed by atoms with van der Waals surface area (Å²) in [6, 6.07) is 6.43. The van der Waals surface area contributed by atoms with Crippen LogP contribution in [-0.2, 0) is 16.0 Å². The molecule has 114 valence electrons. The second kappa shape index (κ2) is 6.70. The number of carbonyl (C=O) groups is 2. The van der Waals surface area contributed by atoms with E-state index in [2.05, 4.69) is 5.32 Å². The summed E-state index contributed by atoms with van der Waals surface area (Å²) in [5.74, 6) is -2.26. The lowest BCUT2D eigenvalue weighted by Crippen LogP contribution is -2.36. The van der Waals surface area contributed by atoms with E-state index in [1.807, 2.05) is 6.92 Å². The highest BCUT2D eigenvalue weighted by atomic mass is 19.1. The third-order valence-corrected chi connectivity index (χ3v) is 4.10. The van der Waals surface area contributed by atoms with Gasteiger partial charge >= 0.3 is 5.97 Å². The molecule has 1 saturated carbocycles. The van der Waals surface area contributed by atoms with Crippen molar-refractivity contribution in [2.45, 2.75) is 26.2 Å². The molecule has 3 unspecified atom stereocenters. The maximum absolute atomic E-state index is 13.4. The maximum atomic E-state index is 13.4. The van der Waals surface area contributed by atoms with E-state index in [4.69, 9.17) is 5.11 Å². The van der Waals surface area contributed by atoms with Gasteiger partial charge in [0.2, 0.25) is 5.91 Å². The SMILES string of the molecule is CC1CC(C(=O)O)C(C(=O)NCCc2ccccc2F)C1. The van der Waals surface area contributed by atoms with Crippen molar-refractivity contribution in [1.29, 1.82) is 0 Å². The third kappa shape index (κ3) is 3.80. The molecule has 0 aliphatic heterocycles. The summed E-state index contributed by atoms with van der Waals surface area (Å²) in [5.41, 5.74) is 0.548. The van der Waals surface area contributed by atoms with Gasteiger partial charge in [-0.05, 0) is 36.8 Å². The Bertz CT molecular complexity index is 532. The topological polar surface area (TPSA) is 66.4 Å². The molecule has 1 aliphatic carbocycles. The van der Waals surface area contributed by atoms with E-state index in [0.29, 0.717) is 31.4 Å². The molecule has 4 nitrogen and oxygen atoms in total. The number of hydrogen-bond donors (Lipinski definition) is 2. The zero-order chi connectivity index (χ0) is 15.4. The fourth-order valence-corrected chi connectivity index (χ4v) is 3.01. The van der Waals surface area contributed by atoms with Crippen LogP contribution in [0.5, 0.6) is 0 Å². The smallest absolute Gasteiger partial charge is 0.307 e. The fraction of sp³-hybridized carbons (Fsp3) is 0.500. The monoisotopic (exact) mass is 293 g/mol. The number of benzene rings is 1. The predicted octanol–water partition coefficient (Wildman–Crippen LogP) is 2.23. The van der Waals surface area contributed by atoms with E-state index in [-0.39, 0.29) is 17.6 Å². The highest BCUT2D eigenvalue weighted by Crippen LogP contribution is 2.36. The van der Waals surface area contributed by atoms with Gasteiger partial charge in [0.1, 0.15) is 5.82 Å². The van der Waals surface area contributed by atoms with Gasteiger partial charge in [-0.15, -0.1) is 0 Å². The first-order valence-electron chi connectivity index (χ1n) is 7.23. The normalized spacial score (nSPS) is 24.8. The van der Waals surface area contributed by atoms with Crippen LogP contribution in [0.3, 0.4) is 0 Å². The zero-order valence-corrected chi connectivity index (χ0v) is 12.0. The van der Waals surface area contributed by atoms with Gasteiger partial charge in [-0.3, -0.25) is 9.59 Å². The van der Waals surface area contributed by atoms with Crippen LogP contribution in [0.25, 0.3) is 0 Å². The Morgan fingerprint density at radius 3 is 2.62 bits per heavy atom. The average molecular weight is 293 g/mol. The van der Waals surface area contributed by atoms with Crippen LogP contribution in [0.1, 0.15) is 25.3 Å². The molecule has 0 bridgehead atoms. The van der Waals surface area contributed by atoms with Gasteiger partial charge in [0.05, 0.1) is 11.8 Å². The second-order valence-corrected chi connectivity index (χ2v) is 5.76. The van der Waals surface area contributed by atoms with Gasteiger partial charge in [-0.2, -0.15) is 0 Å². The molecule has 0 radical (unpaired) electrons. The summed E-state index contributed by atoms with van der Waals surface area (Å²) in [5, 5.41) is 11.9. The highest BCUT2D eigenvalue weighted by Gasteiger charge is 2.40. The molecule has 5 heteroatoms. The number of hydrogen-bond acceptors (Lipinski definition) is 2. The second-order valence-electron chi connectivity index (χ2n) is 5.76. The lowest BCUT2D eigenvalue weighted by molar-refractivity contribution is -0.146. The quantitative estimate of drug-likeness (QED) is 0.875. The van der Waals surface area contributed by atoms with Crippen molar-refractivity contribution in [2.24, 2.45) is 17.8 Å². The summed E-state index contributed by atoms with van der Waals surface area (Å²) >= 11 is 0. The standard InChI is InChI=1S/C16H20FNO3/c1-10-8-12(13(9-10)16(20)21)15(19)18-7-6-11-4-2-3-5-14(11)17/h2-5,10,12-13H,6-9H2,1H3,(H,18,19)(H,20,21). The van der Waals surface area contributed by atoms with E-state index in [1.54, 1.807) is 18.2 Å². The Morgan fingerprint density at radius 2 is 1.95 bits per heavy atom.